The normalized spacial score (nSPS) is 14.4. The topological polar surface area (TPSA) is 75.4 Å². The molecule has 1 aliphatic rings. The first-order valence-corrected chi connectivity index (χ1v) is 9.51. The van der Waals surface area contributed by atoms with Crippen LogP contribution in [0, 0.1) is 6.92 Å². The van der Waals surface area contributed by atoms with Gasteiger partial charge in [-0.2, -0.15) is 4.98 Å². The summed E-state index contributed by atoms with van der Waals surface area (Å²) in [4.78, 5) is 25.5. The number of halogens is 1. The van der Waals surface area contributed by atoms with E-state index in [0.29, 0.717) is 49.3 Å². The molecule has 1 aliphatic heterocycles. The maximum absolute atomic E-state index is 12.6. The molecule has 28 heavy (non-hydrogen) atoms. The van der Waals surface area contributed by atoms with E-state index >= 15 is 0 Å². The third-order valence-corrected chi connectivity index (χ3v) is 5.00. The maximum atomic E-state index is 12.6. The lowest BCUT2D eigenvalue weighted by atomic mass is 10.1. The van der Waals surface area contributed by atoms with Gasteiger partial charge >= 0.3 is 0 Å². The van der Waals surface area contributed by atoms with Crippen LogP contribution in [0.4, 0.5) is 5.82 Å². The van der Waals surface area contributed by atoms with E-state index in [2.05, 4.69) is 20.0 Å². The summed E-state index contributed by atoms with van der Waals surface area (Å²) in [5.74, 6) is 1.97. The summed E-state index contributed by atoms with van der Waals surface area (Å²) >= 11 is 5.91. The summed E-state index contributed by atoms with van der Waals surface area (Å²) in [6.45, 7) is 4.47. The molecule has 0 saturated carbocycles. The highest BCUT2D eigenvalue weighted by Crippen LogP contribution is 2.28. The molecule has 2 aromatic heterocycles. The largest absolute Gasteiger partial charge is 0.352 e. The Bertz CT molecular complexity index is 965. The molecule has 7 nitrogen and oxygen atoms in total. The quantitative estimate of drug-likeness (QED) is 0.673. The number of nitrogens with zero attached hydrogens (tertiary/aromatic N) is 5. The minimum Gasteiger partial charge on any atom is -0.352 e. The van der Waals surface area contributed by atoms with Crippen molar-refractivity contribution in [1.29, 1.82) is 0 Å². The average molecular weight is 398 g/mol. The molecule has 8 heteroatoms. The summed E-state index contributed by atoms with van der Waals surface area (Å²) < 4.78 is 5.31. The highest BCUT2D eigenvalue weighted by atomic mass is 35.5. The van der Waals surface area contributed by atoms with Crippen LogP contribution < -0.4 is 4.90 Å². The van der Waals surface area contributed by atoms with Crippen LogP contribution in [0.15, 0.2) is 47.1 Å². The second-order valence-electron chi connectivity index (χ2n) is 6.69. The van der Waals surface area contributed by atoms with Gasteiger partial charge in [0.05, 0.1) is 12.0 Å². The van der Waals surface area contributed by atoms with Gasteiger partial charge in [-0.15, -0.1) is 0 Å². The van der Waals surface area contributed by atoms with Crippen LogP contribution in [0.1, 0.15) is 11.4 Å². The van der Waals surface area contributed by atoms with Crippen molar-refractivity contribution in [3.8, 4) is 11.5 Å². The van der Waals surface area contributed by atoms with Crippen molar-refractivity contribution in [2.24, 2.45) is 0 Å². The van der Waals surface area contributed by atoms with E-state index in [4.69, 9.17) is 16.1 Å². The molecule has 144 valence electrons. The van der Waals surface area contributed by atoms with E-state index in [9.17, 15) is 4.79 Å². The van der Waals surface area contributed by atoms with Crippen molar-refractivity contribution in [3.05, 3.63) is 59.0 Å². The molecule has 0 aliphatic carbocycles. The van der Waals surface area contributed by atoms with Crippen molar-refractivity contribution in [2.45, 2.75) is 13.3 Å². The minimum atomic E-state index is 0.121. The number of carbonyl (C=O) groups is 1. The second kappa shape index (κ2) is 7.98. The van der Waals surface area contributed by atoms with Crippen molar-refractivity contribution in [3.63, 3.8) is 0 Å². The van der Waals surface area contributed by atoms with Gasteiger partial charge in [0.15, 0.2) is 5.82 Å². The zero-order valence-corrected chi connectivity index (χ0v) is 16.3. The molecule has 1 aromatic carbocycles. The predicted molar refractivity (Wildman–Crippen MR) is 106 cm³/mol. The Morgan fingerprint density at radius 3 is 2.57 bits per heavy atom. The van der Waals surface area contributed by atoms with E-state index in [-0.39, 0.29) is 5.91 Å². The molecule has 3 aromatic rings. The molecule has 0 radical (unpaired) electrons. The number of hydrogen-bond acceptors (Lipinski definition) is 6. The third kappa shape index (κ3) is 3.99. The minimum absolute atomic E-state index is 0.121. The van der Waals surface area contributed by atoms with Gasteiger partial charge in [0.1, 0.15) is 5.82 Å². The van der Waals surface area contributed by atoms with E-state index in [1.54, 1.807) is 13.1 Å². The monoisotopic (exact) mass is 397 g/mol. The van der Waals surface area contributed by atoms with Gasteiger partial charge in [-0.3, -0.25) is 4.79 Å². The lowest BCUT2D eigenvalue weighted by molar-refractivity contribution is -0.130. The Hall–Kier alpha value is -2.93. The third-order valence-electron chi connectivity index (χ3n) is 4.75. The summed E-state index contributed by atoms with van der Waals surface area (Å²) in [5.41, 5.74) is 1.78. The van der Waals surface area contributed by atoms with Crippen molar-refractivity contribution in [2.75, 3.05) is 31.1 Å². The number of aromatic nitrogens is 3. The molecular formula is C20H20ClN5O2. The van der Waals surface area contributed by atoms with Crippen molar-refractivity contribution in [1.82, 2.24) is 20.0 Å². The Balaban J connectivity index is 1.42. The molecule has 0 N–H and O–H groups in total. The number of piperazine rings is 1. The van der Waals surface area contributed by atoms with Crippen LogP contribution in [0.25, 0.3) is 11.5 Å². The Kier molecular flexibility index (Phi) is 5.25. The summed E-state index contributed by atoms with van der Waals surface area (Å²) in [6, 6.07) is 11.2. The van der Waals surface area contributed by atoms with Crippen molar-refractivity contribution >= 4 is 23.3 Å². The van der Waals surface area contributed by atoms with Crippen LogP contribution in [-0.4, -0.2) is 52.1 Å². The number of rotatable bonds is 4. The van der Waals surface area contributed by atoms with Gasteiger partial charge in [0.25, 0.3) is 5.89 Å². The number of pyridine rings is 1. The molecule has 1 amide bonds. The predicted octanol–water partition coefficient (Wildman–Crippen LogP) is 2.98. The van der Waals surface area contributed by atoms with E-state index < -0.39 is 0 Å². The molecule has 0 bridgehead atoms. The number of amides is 1. The zero-order chi connectivity index (χ0) is 19.5. The van der Waals surface area contributed by atoms with Crippen LogP contribution in [-0.2, 0) is 11.2 Å². The number of hydrogen-bond donors (Lipinski definition) is 0. The standard InChI is InChI=1S/C20H20ClN5O2/c1-14-23-20(28-24-14)17-3-2-8-22-19(17)26-11-9-25(10-12-26)18(27)13-15-4-6-16(21)7-5-15/h2-8H,9-13H2,1H3. The average Bonchev–Trinajstić information content (AvgIpc) is 3.16. The van der Waals surface area contributed by atoms with E-state index in [0.717, 1.165) is 16.9 Å². The molecule has 4 rings (SSSR count). The fraction of sp³-hybridized carbons (Fsp3) is 0.300. The Labute approximate surface area is 167 Å². The highest BCUT2D eigenvalue weighted by molar-refractivity contribution is 6.30. The number of aryl methyl sites for hydroxylation is 1. The maximum Gasteiger partial charge on any atom is 0.261 e. The number of benzene rings is 1. The number of carbonyl (C=O) groups excluding carboxylic acids is 1. The van der Waals surface area contributed by atoms with Gasteiger partial charge in [0.2, 0.25) is 5.91 Å². The lowest BCUT2D eigenvalue weighted by Crippen LogP contribution is -2.49. The first-order chi connectivity index (χ1) is 13.6. The van der Waals surface area contributed by atoms with Crippen LogP contribution in [0.2, 0.25) is 5.02 Å². The molecule has 1 saturated heterocycles. The van der Waals surface area contributed by atoms with Crippen LogP contribution >= 0.6 is 11.6 Å². The first-order valence-electron chi connectivity index (χ1n) is 9.13. The molecule has 0 unspecified atom stereocenters. The number of anilines is 1. The smallest absolute Gasteiger partial charge is 0.261 e. The molecular weight excluding hydrogens is 378 g/mol. The van der Waals surface area contributed by atoms with Gasteiger partial charge < -0.3 is 14.3 Å². The Morgan fingerprint density at radius 1 is 1.14 bits per heavy atom. The summed E-state index contributed by atoms with van der Waals surface area (Å²) in [6.07, 6.45) is 2.13. The van der Waals surface area contributed by atoms with Gasteiger partial charge in [-0.1, -0.05) is 28.9 Å². The van der Waals surface area contributed by atoms with E-state index in [1.807, 2.05) is 41.3 Å². The SMILES string of the molecule is Cc1noc(-c2cccnc2N2CCN(C(=O)Cc3ccc(Cl)cc3)CC2)n1. The van der Waals surface area contributed by atoms with Gasteiger partial charge in [-0.05, 0) is 36.8 Å². The second-order valence-corrected chi connectivity index (χ2v) is 7.13. The first kappa shape index (κ1) is 18.4. The summed E-state index contributed by atoms with van der Waals surface area (Å²) in [7, 11) is 0. The van der Waals surface area contributed by atoms with Gasteiger partial charge in [0, 0.05) is 37.4 Å². The van der Waals surface area contributed by atoms with E-state index in [1.165, 1.54) is 0 Å². The van der Waals surface area contributed by atoms with Crippen LogP contribution in [0.3, 0.4) is 0 Å². The van der Waals surface area contributed by atoms with Crippen LogP contribution in [0.5, 0.6) is 0 Å². The Morgan fingerprint density at radius 2 is 1.89 bits per heavy atom. The lowest BCUT2D eigenvalue weighted by Gasteiger charge is -2.36. The highest BCUT2D eigenvalue weighted by Gasteiger charge is 2.25. The molecule has 3 heterocycles. The fourth-order valence-corrected chi connectivity index (χ4v) is 3.40. The summed E-state index contributed by atoms with van der Waals surface area (Å²) in [5, 5.41) is 4.54. The molecule has 0 atom stereocenters. The molecule has 0 spiro atoms. The molecule has 1 fully saturated rings. The fourth-order valence-electron chi connectivity index (χ4n) is 3.28. The zero-order valence-electron chi connectivity index (χ0n) is 15.5. The van der Waals surface area contributed by atoms with Crippen molar-refractivity contribution < 1.29 is 9.32 Å². The van der Waals surface area contributed by atoms with Gasteiger partial charge in [-0.25, -0.2) is 4.98 Å².